The highest BCUT2D eigenvalue weighted by Gasteiger charge is 2.28. The van der Waals surface area contributed by atoms with Crippen molar-refractivity contribution in [3.05, 3.63) is 77.6 Å². The molecular formula is C31H30F2N4O5S. The number of rotatable bonds is 10. The highest BCUT2D eigenvalue weighted by Crippen LogP contribution is 2.42. The standard InChI is InChI=1S/C31H30F2N4O5S/c1-31(2,18-34)36-29(38)21-8-5-7-20(15-21)23-16-24-26(17-25(23)37(14-6-13-32)43(4,40)41)42-28(27(24)30(39)35-3)19-9-11-22(33)12-10-19/h5,7-12,15-17H,6,13-14H2,1-4H3,(H,35,39)(H,36,38). The third kappa shape index (κ3) is 6.67. The Hall–Kier alpha value is -4.76. The molecule has 0 saturated carbocycles. The molecule has 2 amide bonds. The van der Waals surface area contributed by atoms with Gasteiger partial charge in [0, 0.05) is 41.7 Å². The number of sulfonamides is 1. The molecule has 0 atom stereocenters. The zero-order valence-corrected chi connectivity index (χ0v) is 24.8. The molecule has 2 N–H and O–H groups in total. The molecule has 0 aliphatic heterocycles. The van der Waals surface area contributed by atoms with Crippen molar-refractivity contribution in [3.63, 3.8) is 0 Å². The van der Waals surface area contributed by atoms with Crippen LogP contribution in [0.4, 0.5) is 14.5 Å². The van der Waals surface area contributed by atoms with Crippen molar-refractivity contribution in [2.45, 2.75) is 25.8 Å². The van der Waals surface area contributed by atoms with Crippen molar-refractivity contribution >= 4 is 38.5 Å². The van der Waals surface area contributed by atoms with Gasteiger partial charge < -0.3 is 15.1 Å². The quantitative estimate of drug-likeness (QED) is 0.247. The van der Waals surface area contributed by atoms with Gasteiger partial charge in [-0.1, -0.05) is 12.1 Å². The smallest absolute Gasteiger partial charge is 0.255 e. The number of carbonyl (C=O) groups excluding carboxylic acids is 2. The van der Waals surface area contributed by atoms with Crippen LogP contribution in [0.5, 0.6) is 0 Å². The summed E-state index contributed by atoms with van der Waals surface area (Å²) in [4.78, 5) is 26.1. The van der Waals surface area contributed by atoms with Crippen LogP contribution in [0, 0.1) is 17.1 Å². The van der Waals surface area contributed by atoms with Crippen molar-refractivity contribution in [2.24, 2.45) is 0 Å². The predicted molar refractivity (Wildman–Crippen MR) is 160 cm³/mol. The summed E-state index contributed by atoms with van der Waals surface area (Å²) < 4.78 is 60.1. The molecule has 224 valence electrons. The average molecular weight is 609 g/mol. The van der Waals surface area contributed by atoms with Gasteiger partial charge in [-0.25, -0.2) is 12.8 Å². The number of anilines is 1. The van der Waals surface area contributed by atoms with Crippen LogP contribution in [0.2, 0.25) is 0 Å². The fraction of sp³-hybridized carbons (Fsp3) is 0.258. The zero-order valence-electron chi connectivity index (χ0n) is 24.0. The number of nitrogens with zero attached hydrogens (tertiary/aromatic N) is 2. The Kier molecular flexibility index (Phi) is 8.87. The first kappa shape index (κ1) is 31.2. The monoisotopic (exact) mass is 608 g/mol. The van der Waals surface area contributed by atoms with Gasteiger partial charge in [-0.05, 0) is 68.3 Å². The van der Waals surface area contributed by atoms with E-state index in [1.807, 2.05) is 6.07 Å². The fourth-order valence-corrected chi connectivity index (χ4v) is 5.57. The van der Waals surface area contributed by atoms with E-state index in [2.05, 4.69) is 10.6 Å². The Bertz CT molecular complexity index is 1840. The maximum Gasteiger partial charge on any atom is 0.255 e. The van der Waals surface area contributed by atoms with Gasteiger partial charge in [-0.2, -0.15) is 5.26 Å². The SMILES string of the molecule is CNC(=O)c1c(-c2ccc(F)cc2)oc2cc(N(CCCF)S(C)(=O)=O)c(-c3cccc(C(=O)NC(C)(C)C#N)c3)cc12. The number of nitrogens with one attached hydrogen (secondary N) is 2. The summed E-state index contributed by atoms with van der Waals surface area (Å²) in [5.74, 6) is -1.37. The van der Waals surface area contributed by atoms with Crippen molar-refractivity contribution in [1.82, 2.24) is 10.6 Å². The van der Waals surface area contributed by atoms with Gasteiger partial charge in [0.05, 0.1) is 30.3 Å². The Morgan fingerprint density at radius 2 is 1.74 bits per heavy atom. The lowest BCUT2D eigenvalue weighted by Crippen LogP contribution is -2.42. The van der Waals surface area contributed by atoms with E-state index in [1.54, 1.807) is 38.1 Å². The van der Waals surface area contributed by atoms with Crippen LogP contribution >= 0.6 is 0 Å². The van der Waals surface area contributed by atoms with Gasteiger partial charge in [0.2, 0.25) is 10.0 Å². The van der Waals surface area contributed by atoms with Crippen LogP contribution in [0.3, 0.4) is 0 Å². The van der Waals surface area contributed by atoms with E-state index in [0.29, 0.717) is 22.1 Å². The van der Waals surface area contributed by atoms with Crippen LogP contribution in [-0.2, 0) is 10.0 Å². The van der Waals surface area contributed by atoms with E-state index >= 15 is 0 Å². The Balaban J connectivity index is 2.04. The highest BCUT2D eigenvalue weighted by atomic mass is 32.2. The molecule has 3 aromatic carbocycles. The van der Waals surface area contributed by atoms with Crippen molar-refractivity contribution in [2.75, 3.05) is 30.8 Å². The highest BCUT2D eigenvalue weighted by molar-refractivity contribution is 7.92. The Morgan fingerprint density at radius 3 is 2.35 bits per heavy atom. The molecule has 43 heavy (non-hydrogen) atoms. The summed E-state index contributed by atoms with van der Waals surface area (Å²) >= 11 is 0. The van der Waals surface area contributed by atoms with E-state index in [-0.39, 0.29) is 41.1 Å². The minimum atomic E-state index is -3.94. The lowest BCUT2D eigenvalue weighted by Gasteiger charge is -2.25. The van der Waals surface area contributed by atoms with E-state index in [1.165, 1.54) is 43.4 Å². The molecule has 1 aromatic heterocycles. The number of benzene rings is 3. The number of hydrogen-bond donors (Lipinski definition) is 2. The second-order valence-electron chi connectivity index (χ2n) is 10.4. The molecule has 0 bridgehead atoms. The van der Waals surface area contributed by atoms with Gasteiger partial charge in [-0.3, -0.25) is 18.3 Å². The minimum absolute atomic E-state index is 0.0846. The Labute approximate surface area is 248 Å². The maximum absolute atomic E-state index is 13.7. The fourth-order valence-electron chi connectivity index (χ4n) is 4.60. The first-order valence-electron chi connectivity index (χ1n) is 13.3. The molecule has 9 nitrogen and oxygen atoms in total. The molecule has 0 aliphatic carbocycles. The normalized spacial score (nSPS) is 11.7. The number of furan rings is 1. The van der Waals surface area contributed by atoms with Gasteiger partial charge in [-0.15, -0.1) is 0 Å². The number of alkyl halides is 1. The first-order chi connectivity index (χ1) is 20.3. The van der Waals surface area contributed by atoms with E-state index in [9.17, 15) is 32.0 Å². The first-order valence-corrected chi connectivity index (χ1v) is 15.1. The molecule has 0 radical (unpaired) electrons. The van der Waals surface area contributed by atoms with Crippen molar-refractivity contribution < 1.29 is 31.2 Å². The summed E-state index contributed by atoms with van der Waals surface area (Å²) in [5, 5.41) is 14.9. The van der Waals surface area contributed by atoms with Gasteiger partial charge >= 0.3 is 0 Å². The van der Waals surface area contributed by atoms with E-state index in [4.69, 9.17) is 4.42 Å². The predicted octanol–water partition coefficient (Wildman–Crippen LogP) is 5.42. The third-order valence-electron chi connectivity index (χ3n) is 6.67. The van der Waals surface area contributed by atoms with Crippen LogP contribution < -0.4 is 14.9 Å². The number of nitriles is 1. The lowest BCUT2D eigenvalue weighted by atomic mass is 9.96. The number of halogens is 2. The van der Waals surface area contributed by atoms with Crippen LogP contribution in [-0.4, -0.2) is 52.3 Å². The zero-order chi connectivity index (χ0) is 31.5. The summed E-state index contributed by atoms with van der Waals surface area (Å²) in [6, 6.07) is 16.7. The van der Waals surface area contributed by atoms with E-state index < -0.39 is 39.9 Å². The summed E-state index contributed by atoms with van der Waals surface area (Å²) in [7, 11) is -2.49. The number of fused-ring (bicyclic) bond motifs is 1. The summed E-state index contributed by atoms with van der Waals surface area (Å²) in [5.41, 5.74) is 0.644. The van der Waals surface area contributed by atoms with Crippen LogP contribution in [0.1, 0.15) is 41.0 Å². The molecule has 4 rings (SSSR count). The number of carbonyl (C=O) groups is 2. The van der Waals surface area contributed by atoms with Crippen LogP contribution in [0.25, 0.3) is 33.4 Å². The summed E-state index contributed by atoms with van der Waals surface area (Å²) in [6.07, 6.45) is 0.911. The molecule has 0 spiro atoms. The average Bonchev–Trinajstić information content (AvgIpc) is 3.34. The molecular weight excluding hydrogens is 578 g/mol. The number of amides is 2. The second-order valence-corrected chi connectivity index (χ2v) is 12.3. The van der Waals surface area contributed by atoms with Gasteiger partial charge in [0.15, 0.2) is 0 Å². The topological polar surface area (TPSA) is 133 Å². The van der Waals surface area contributed by atoms with Crippen LogP contribution in [0.15, 0.2) is 65.1 Å². The van der Waals surface area contributed by atoms with Crippen molar-refractivity contribution in [3.8, 4) is 28.5 Å². The molecule has 1 heterocycles. The second kappa shape index (κ2) is 12.2. The molecule has 0 saturated heterocycles. The molecule has 0 aliphatic rings. The molecule has 4 aromatic rings. The largest absolute Gasteiger partial charge is 0.455 e. The lowest BCUT2D eigenvalue weighted by molar-refractivity contribution is 0.0927. The minimum Gasteiger partial charge on any atom is -0.455 e. The van der Waals surface area contributed by atoms with E-state index in [0.717, 1.165) is 10.6 Å². The molecule has 0 fully saturated rings. The Morgan fingerprint density at radius 1 is 1.05 bits per heavy atom. The van der Waals surface area contributed by atoms with Gasteiger partial charge in [0.1, 0.15) is 22.7 Å². The number of hydrogen-bond acceptors (Lipinski definition) is 6. The van der Waals surface area contributed by atoms with Gasteiger partial charge in [0.25, 0.3) is 11.8 Å². The third-order valence-corrected chi connectivity index (χ3v) is 7.85. The molecule has 12 heteroatoms. The van der Waals surface area contributed by atoms with Crippen molar-refractivity contribution in [1.29, 1.82) is 5.26 Å². The maximum atomic E-state index is 13.7. The molecule has 0 unspecified atom stereocenters. The summed E-state index contributed by atoms with van der Waals surface area (Å²) in [6.45, 7) is 2.16.